The highest BCUT2D eigenvalue weighted by Crippen LogP contribution is 2.24. The van der Waals surface area contributed by atoms with E-state index in [1.807, 2.05) is 18.2 Å². The molecule has 1 amide bonds. The van der Waals surface area contributed by atoms with E-state index in [9.17, 15) is 4.79 Å². The summed E-state index contributed by atoms with van der Waals surface area (Å²) >= 11 is 9.59. The lowest BCUT2D eigenvalue weighted by molar-refractivity contribution is -0.121. The van der Waals surface area contributed by atoms with E-state index in [4.69, 9.17) is 11.6 Å². The first kappa shape index (κ1) is 17.5. The average molecular weight is 408 g/mol. The second-order valence-electron chi connectivity index (χ2n) is 6.17. The highest BCUT2D eigenvalue weighted by Gasteiger charge is 2.26. The molecule has 0 radical (unpaired) electrons. The first-order chi connectivity index (χ1) is 11.6. The van der Waals surface area contributed by atoms with Gasteiger partial charge in [0.25, 0.3) is 0 Å². The van der Waals surface area contributed by atoms with Crippen LogP contribution in [0.1, 0.15) is 18.4 Å². The molecule has 1 aliphatic rings. The van der Waals surface area contributed by atoms with E-state index in [-0.39, 0.29) is 11.8 Å². The fraction of sp³-hybridized carbons (Fsp3) is 0.316. The van der Waals surface area contributed by atoms with Crippen LogP contribution in [-0.4, -0.2) is 23.9 Å². The Labute approximate surface area is 156 Å². The van der Waals surface area contributed by atoms with Crippen LogP contribution in [0.15, 0.2) is 53.0 Å². The van der Waals surface area contributed by atoms with Gasteiger partial charge < -0.3 is 5.32 Å². The maximum atomic E-state index is 12.6. The van der Waals surface area contributed by atoms with E-state index in [1.54, 1.807) is 6.07 Å². The minimum absolute atomic E-state index is 0.00507. The molecule has 2 aromatic rings. The molecule has 1 N–H and O–H groups in total. The van der Waals surface area contributed by atoms with Crippen molar-refractivity contribution in [3.8, 4) is 0 Å². The number of anilines is 1. The minimum atomic E-state index is 0.00507. The third kappa shape index (κ3) is 4.59. The molecule has 1 heterocycles. The second kappa shape index (κ2) is 8.15. The molecule has 3 rings (SSSR count). The average Bonchev–Trinajstić information content (AvgIpc) is 2.59. The lowest BCUT2D eigenvalue weighted by Gasteiger charge is -2.32. The third-order valence-corrected chi connectivity index (χ3v) is 5.19. The van der Waals surface area contributed by atoms with Crippen molar-refractivity contribution in [2.45, 2.75) is 19.4 Å². The highest BCUT2D eigenvalue weighted by molar-refractivity contribution is 9.10. The van der Waals surface area contributed by atoms with Crippen LogP contribution in [0.5, 0.6) is 0 Å². The van der Waals surface area contributed by atoms with Gasteiger partial charge in [0.1, 0.15) is 0 Å². The first-order valence-electron chi connectivity index (χ1n) is 8.14. The second-order valence-corrected chi connectivity index (χ2v) is 7.49. The summed E-state index contributed by atoms with van der Waals surface area (Å²) in [5.41, 5.74) is 1.96. The van der Waals surface area contributed by atoms with Gasteiger partial charge in [0.05, 0.1) is 16.6 Å². The van der Waals surface area contributed by atoms with E-state index < -0.39 is 0 Å². The van der Waals surface area contributed by atoms with Gasteiger partial charge in [0.15, 0.2) is 0 Å². The van der Waals surface area contributed by atoms with Crippen molar-refractivity contribution < 1.29 is 4.79 Å². The van der Waals surface area contributed by atoms with Crippen LogP contribution in [0.2, 0.25) is 5.02 Å². The molecular weight excluding hydrogens is 388 g/mol. The first-order valence-corrected chi connectivity index (χ1v) is 9.31. The Balaban J connectivity index is 1.59. The van der Waals surface area contributed by atoms with Crippen LogP contribution in [0, 0.1) is 5.92 Å². The van der Waals surface area contributed by atoms with Gasteiger partial charge in [-0.05, 0) is 49.2 Å². The number of halogens is 2. The van der Waals surface area contributed by atoms with Gasteiger partial charge >= 0.3 is 0 Å². The van der Waals surface area contributed by atoms with Crippen molar-refractivity contribution in [3.63, 3.8) is 0 Å². The molecule has 0 aliphatic carbocycles. The topological polar surface area (TPSA) is 32.3 Å². The summed E-state index contributed by atoms with van der Waals surface area (Å²) in [5.74, 6) is 0.0640. The molecular formula is C19H20BrClN2O. The summed E-state index contributed by atoms with van der Waals surface area (Å²) in [6.07, 6.45) is 1.96. The van der Waals surface area contributed by atoms with Crippen molar-refractivity contribution in [1.29, 1.82) is 0 Å². The number of hydrogen-bond acceptors (Lipinski definition) is 2. The molecule has 5 heteroatoms. The number of nitrogens with zero attached hydrogens (tertiary/aromatic N) is 1. The van der Waals surface area contributed by atoms with E-state index >= 15 is 0 Å². The summed E-state index contributed by atoms with van der Waals surface area (Å²) < 4.78 is 1.09. The van der Waals surface area contributed by atoms with Gasteiger partial charge in [-0.25, -0.2) is 0 Å². The summed E-state index contributed by atoms with van der Waals surface area (Å²) in [7, 11) is 0. The Morgan fingerprint density at radius 1 is 1.21 bits per heavy atom. The number of para-hydroxylation sites is 1. The zero-order valence-electron chi connectivity index (χ0n) is 13.3. The summed E-state index contributed by atoms with van der Waals surface area (Å²) in [5, 5.41) is 3.55. The van der Waals surface area contributed by atoms with Gasteiger partial charge in [-0.2, -0.15) is 0 Å². The predicted octanol–water partition coefficient (Wildman–Crippen LogP) is 4.95. The van der Waals surface area contributed by atoms with Crippen LogP contribution in [-0.2, 0) is 11.3 Å². The number of likely N-dealkylation sites (tertiary alicyclic amines) is 1. The van der Waals surface area contributed by atoms with Crippen molar-refractivity contribution in [2.75, 3.05) is 18.4 Å². The highest BCUT2D eigenvalue weighted by atomic mass is 79.9. The molecule has 1 atom stereocenters. The molecule has 0 spiro atoms. The molecule has 1 saturated heterocycles. The van der Waals surface area contributed by atoms with Gasteiger partial charge in [0, 0.05) is 17.6 Å². The number of piperidine rings is 1. The van der Waals surface area contributed by atoms with Crippen LogP contribution in [0.4, 0.5) is 5.69 Å². The molecule has 1 aliphatic heterocycles. The van der Waals surface area contributed by atoms with Crippen molar-refractivity contribution in [1.82, 2.24) is 4.90 Å². The Hall–Kier alpha value is -1.36. The zero-order valence-corrected chi connectivity index (χ0v) is 15.7. The molecule has 2 aromatic carbocycles. The molecule has 1 fully saturated rings. The van der Waals surface area contributed by atoms with Gasteiger partial charge in [-0.3, -0.25) is 9.69 Å². The maximum Gasteiger partial charge on any atom is 0.228 e. The summed E-state index contributed by atoms with van der Waals surface area (Å²) in [4.78, 5) is 14.9. The lowest BCUT2D eigenvalue weighted by Crippen LogP contribution is -2.40. The quantitative estimate of drug-likeness (QED) is 0.777. The van der Waals surface area contributed by atoms with Crippen LogP contribution in [0.3, 0.4) is 0 Å². The Morgan fingerprint density at radius 3 is 2.71 bits per heavy atom. The number of amides is 1. The minimum Gasteiger partial charge on any atom is -0.324 e. The molecule has 3 nitrogen and oxygen atoms in total. The smallest absolute Gasteiger partial charge is 0.228 e. The predicted molar refractivity (Wildman–Crippen MR) is 102 cm³/mol. The number of carbonyl (C=O) groups excluding carboxylic acids is 1. The summed E-state index contributed by atoms with van der Waals surface area (Å²) in [6, 6.07) is 15.7. The number of benzene rings is 2. The number of nitrogens with one attached hydrogen (secondary N) is 1. The Bertz CT molecular complexity index is 705. The maximum absolute atomic E-state index is 12.6. The molecule has 0 saturated carbocycles. The molecule has 24 heavy (non-hydrogen) atoms. The lowest BCUT2D eigenvalue weighted by atomic mass is 9.96. The van der Waals surface area contributed by atoms with E-state index in [0.29, 0.717) is 10.7 Å². The van der Waals surface area contributed by atoms with Crippen LogP contribution < -0.4 is 5.32 Å². The van der Waals surface area contributed by atoms with E-state index in [2.05, 4.69) is 50.4 Å². The van der Waals surface area contributed by atoms with Gasteiger partial charge in [0.2, 0.25) is 5.91 Å². The molecule has 0 bridgehead atoms. The molecule has 126 valence electrons. The third-order valence-electron chi connectivity index (χ3n) is 4.33. The van der Waals surface area contributed by atoms with Crippen LogP contribution >= 0.6 is 27.5 Å². The zero-order chi connectivity index (χ0) is 16.9. The Kier molecular flexibility index (Phi) is 5.93. The van der Waals surface area contributed by atoms with E-state index in [0.717, 1.165) is 36.9 Å². The summed E-state index contributed by atoms with van der Waals surface area (Å²) in [6.45, 7) is 2.70. The van der Waals surface area contributed by atoms with Crippen molar-refractivity contribution in [3.05, 3.63) is 63.6 Å². The van der Waals surface area contributed by atoms with Crippen LogP contribution in [0.25, 0.3) is 0 Å². The van der Waals surface area contributed by atoms with Crippen molar-refractivity contribution in [2.24, 2.45) is 5.92 Å². The normalized spacial score (nSPS) is 18.3. The standard InChI is InChI=1S/C19H20BrClN2O/c20-16-9-7-14(8-10-16)12-23-11-3-4-15(13-23)19(24)22-18-6-2-1-5-17(18)21/h1-2,5-10,15H,3-4,11-13H2,(H,22,24). The fourth-order valence-electron chi connectivity index (χ4n) is 3.06. The number of hydrogen-bond donors (Lipinski definition) is 1. The number of carbonyl (C=O) groups is 1. The number of rotatable bonds is 4. The SMILES string of the molecule is O=C(Nc1ccccc1Cl)C1CCCN(Cc2ccc(Br)cc2)C1. The van der Waals surface area contributed by atoms with Gasteiger partial charge in [-0.15, -0.1) is 0 Å². The largest absolute Gasteiger partial charge is 0.324 e. The monoisotopic (exact) mass is 406 g/mol. The van der Waals surface area contributed by atoms with Crippen molar-refractivity contribution >= 4 is 39.1 Å². The van der Waals surface area contributed by atoms with Gasteiger partial charge in [-0.1, -0.05) is 51.8 Å². The molecule has 1 unspecified atom stereocenters. The Morgan fingerprint density at radius 2 is 1.96 bits per heavy atom. The fourth-order valence-corrected chi connectivity index (χ4v) is 3.51. The van der Waals surface area contributed by atoms with E-state index in [1.165, 1.54) is 5.56 Å². The molecule has 0 aromatic heterocycles.